The summed E-state index contributed by atoms with van der Waals surface area (Å²) in [5.41, 5.74) is 3.49. The molecule has 0 aliphatic heterocycles. The maximum atomic E-state index is 12.5. The summed E-state index contributed by atoms with van der Waals surface area (Å²) < 4.78 is 26.3. The molecular weight excluding hydrogens is 312 g/mol. The minimum absolute atomic E-state index is 0.0314. The first kappa shape index (κ1) is 15.7. The number of halogens is 1. The van der Waals surface area contributed by atoms with E-state index in [1.807, 2.05) is 0 Å². The highest BCUT2D eigenvalue weighted by atomic mass is 35.5. The molecule has 1 aromatic carbocycles. The summed E-state index contributed by atoms with van der Waals surface area (Å²) in [6, 6.07) is 8.49. The fourth-order valence-corrected chi connectivity index (χ4v) is 3.18. The van der Waals surface area contributed by atoms with E-state index in [-0.39, 0.29) is 11.4 Å². The fourth-order valence-electron chi connectivity index (χ4n) is 1.80. The van der Waals surface area contributed by atoms with E-state index in [2.05, 4.69) is 10.4 Å². The van der Waals surface area contributed by atoms with Crippen LogP contribution in [0.3, 0.4) is 0 Å². The minimum Gasteiger partial charge on any atom is -0.323 e. The molecule has 0 atom stereocenters. The Kier molecular flexibility index (Phi) is 4.79. The molecule has 0 unspecified atom stereocenters. The predicted molar refractivity (Wildman–Crippen MR) is 82.2 cm³/mol. The third-order valence-corrected chi connectivity index (χ3v) is 5.03. The Balaban J connectivity index is 2.28. The second-order valence-electron chi connectivity index (χ2n) is 4.40. The predicted octanol–water partition coefficient (Wildman–Crippen LogP) is 1.84. The van der Waals surface area contributed by atoms with Crippen LogP contribution < -0.4 is 11.3 Å². The highest BCUT2D eigenvalue weighted by Gasteiger charge is 2.24. The minimum atomic E-state index is -3.69. The van der Waals surface area contributed by atoms with Crippen LogP contribution in [-0.4, -0.2) is 24.8 Å². The van der Waals surface area contributed by atoms with E-state index < -0.39 is 10.0 Å². The number of nitrogen functional groups attached to an aromatic ring is 1. The van der Waals surface area contributed by atoms with E-state index in [9.17, 15) is 8.42 Å². The van der Waals surface area contributed by atoms with Gasteiger partial charge in [0.05, 0.1) is 5.69 Å². The highest BCUT2D eigenvalue weighted by Crippen LogP contribution is 2.23. The maximum Gasteiger partial charge on any atom is 0.246 e. The molecule has 112 valence electrons. The van der Waals surface area contributed by atoms with Crippen LogP contribution in [0.1, 0.15) is 5.56 Å². The summed E-state index contributed by atoms with van der Waals surface area (Å²) in [6.45, 7) is 0.221. The van der Waals surface area contributed by atoms with Gasteiger partial charge in [0, 0.05) is 31.0 Å². The molecule has 1 aromatic heterocycles. The van der Waals surface area contributed by atoms with Gasteiger partial charge in [-0.3, -0.25) is 10.8 Å². The zero-order chi connectivity index (χ0) is 15.5. The third-order valence-electron chi connectivity index (χ3n) is 2.95. The molecule has 0 spiro atoms. The molecule has 3 N–H and O–H groups in total. The number of hydrazine groups is 1. The van der Waals surface area contributed by atoms with E-state index >= 15 is 0 Å². The summed E-state index contributed by atoms with van der Waals surface area (Å²) >= 11 is 5.81. The molecule has 6 nitrogen and oxygen atoms in total. The van der Waals surface area contributed by atoms with Gasteiger partial charge < -0.3 is 5.43 Å². The molecule has 0 saturated carbocycles. The fraction of sp³-hybridized carbons (Fsp3) is 0.154. The molecule has 0 aliphatic rings. The molecule has 0 aliphatic carbocycles. The number of aromatic nitrogens is 1. The second-order valence-corrected chi connectivity index (χ2v) is 6.85. The van der Waals surface area contributed by atoms with Gasteiger partial charge in [0.25, 0.3) is 0 Å². The van der Waals surface area contributed by atoms with Gasteiger partial charge in [0.2, 0.25) is 10.0 Å². The molecule has 21 heavy (non-hydrogen) atoms. The summed E-state index contributed by atoms with van der Waals surface area (Å²) in [5, 5.41) is 0.603. The van der Waals surface area contributed by atoms with Crippen LogP contribution in [-0.2, 0) is 16.6 Å². The molecule has 0 radical (unpaired) electrons. The van der Waals surface area contributed by atoms with Crippen molar-refractivity contribution in [3.8, 4) is 0 Å². The van der Waals surface area contributed by atoms with Gasteiger partial charge in [-0.15, -0.1) is 0 Å². The number of benzene rings is 1. The summed E-state index contributed by atoms with van der Waals surface area (Å²) in [6.07, 6.45) is 2.73. The van der Waals surface area contributed by atoms with E-state index in [4.69, 9.17) is 17.4 Å². The SMILES string of the molecule is CN(Cc1ccc(Cl)cc1)S(=O)(=O)c1cnccc1NN. The van der Waals surface area contributed by atoms with Gasteiger partial charge in [0.15, 0.2) is 0 Å². The van der Waals surface area contributed by atoms with Crippen LogP contribution in [0.25, 0.3) is 0 Å². The van der Waals surface area contributed by atoms with Gasteiger partial charge in [0.1, 0.15) is 4.90 Å². The Labute approximate surface area is 128 Å². The topological polar surface area (TPSA) is 88.3 Å². The van der Waals surface area contributed by atoms with Crippen molar-refractivity contribution < 1.29 is 8.42 Å². The van der Waals surface area contributed by atoms with Gasteiger partial charge in [-0.1, -0.05) is 23.7 Å². The highest BCUT2D eigenvalue weighted by molar-refractivity contribution is 7.89. The van der Waals surface area contributed by atoms with E-state index in [0.717, 1.165) is 5.56 Å². The van der Waals surface area contributed by atoms with Crippen molar-refractivity contribution in [1.82, 2.24) is 9.29 Å². The molecule has 2 rings (SSSR count). The monoisotopic (exact) mass is 326 g/mol. The maximum absolute atomic E-state index is 12.5. The molecule has 1 heterocycles. The molecule has 0 saturated heterocycles. The molecule has 0 bridgehead atoms. The zero-order valence-electron chi connectivity index (χ0n) is 11.3. The number of pyridine rings is 1. The number of rotatable bonds is 5. The number of hydrogen-bond acceptors (Lipinski definition) is 5. The van der Waals surface area contributed by atoms with E-state index in [0.29, 0.717) is 10.7 Å². The van der Waals surface area contributed by atoms with Crippen molar-refractivity contribution in [3.05, 3.63) is 53.3 Å². The number of nitrogens with one attached hydrogen (secondary N) is 1. The van der Waals surface area contributed by atoms with Gasteiger partial charge >= 0.3 is 0 Å². The lowest BCUT2D eigenvalue weighted by Crippen LogP contribution is -2.28. The Hall–Kier alpha value is -1.67. The van der Waals surface area contributed by atoms with Crippen LogP contribution in [0, 0.1) is 0 Å². The average molecular weight is 327 g/mol. The van der Waals surface area contributed by atoms with Crippen molar-refractivity contribution in [1.29, 1.82) is 0 Å². The molecule has 0 fully saturated rings. The number of nitrogens with zero attached hydrogens (tertiary/aromatic N) is 2. The number of hydrogen-bond donors (Lipinski definition) is 2. The van der Waals surface area contributed by atoms with Crippen molar-refractivity contribution in [2.24, 2.45) is 5.84 Å². The number of sulfonamides is 1. The van der Waals surface area contributed by atoms with E-state index in [1.54, 1.807) is 24.3 Å². The molecule has 2 aromatic rings. The smallest absolute Gasteiger partial charge is 0.246 e. The lowest BCUT2D eigenvalue weighted by molar-refractivity contribution is 0.466. The molecule has 8 heteroatoms. The van der Waals surface area contributed by atoms with Gasteiger partial charge in [-0.05, 0) is 23.8 Å². The van der Waals surface area contributed by atoms with Crippen molar-refractivity contribution in [2.45, 2.75) is 11.4 Å². The van der Waals surface area contributed by atoms with Crippen LogP contribution >= 0.6 is 11.6 Å². The van der Waals surface area contributed by atoms with Gasteiger partial charge in [-0.25, -0.2) is 8.42 Å². The number of anilines is 1. The standard InChI is InChI=1S/C13H15ClN4O2S/c1-18(9-10-2-4-11(14)5-3-10)21(19,20)13-8-16-7-6-12(13)17-15/h2-8H,9,15H2,1H3,(H,16,17). The number of nitrogens with two attached hydrogens (primary N) is 1. The van der Waals surface area contributed by atoms with Crippen molar-refractivity contribution in [2.75, 3.05) is 12.5 Å². The first-order valence-corrected chi connectivity index (χ1v) is 7.88. The normalized spacial score (nSPS) is 11.6. The quantitative estimate of drug-likeness (QED) is 0.646. The lowest BCUT2D eigenvalue weighted by Gasteiger charge is -2.18. The van der Waals surface area contributed by atoms with Crippen molar-refractivity contribution >= 4 is 27.3 Å². The van der Waals surface area contributed by atoms with Crippen LogP contribution in [0.5, 0.6) is 0 Å². The van der Waals surface area contributed by atoms with Crippen molar-refractivity contribution in [3.63, 3.8) is 0 Å². The van der Waals surface area contributed by atoms with E-state index in [1.165, 1.54) is 29.8 Å². The largest absolute Gasteiger partial charge is 0.323 e. The van der Waals surface area contributed by atoms with Gasteiger partial charge in [-0.2, -0.15) is 4.31 Å². The second kappa shape index (κ2) is 6.40. The van der Waals surface area contributed by atoms with Crippen LogP contribution in [0.2, 0.25) is 5.02 Å². The zero-order valence-corrected chi connectivity index (χ0v) is 12.9. The summed E-state index contributed by atoms with van der Waals surface area (Å²) in [7, 11) is -2.20. The first-order valence-electron chi connectivity index (χ1n) is 6.06. The molecular formula is C13H15ClN4O2S. The lowest BCUT2D eigenvalue weighted by atomic mass is 10.2. The average Bonchev–Trinajstić information content (AvgIpc) is 2.49. The first-order chi connectivity index (χ1) is 9.95. The Morgan fingerprint density at radius 1 is 1.29 bits per heavy atom. The Morgan fingerprint density at radius 3 is 2.57 bits per heavy atom. The van der Waals surface area contributed by atoms with Crippen LogP contribution in [0.4, 0.5) is 5.69 Å². The Bertz CT molecular complexity index is 719. The molecule has 0 amide bonds. The summed E-state index contributed by atoms with van der Waals surface area (Å²) in [5.74, 6) is 5.34. The van der Waals surface area contributed by atoms with Crippen LogP contribution in [0.15, 0.2) is 47.6 Å². The summed E-state index contributed by atoms with van der Waals surface area (Å²) in [4.78, 5) is 3.87. The third kappa shape index (κ3) is 3.51. The Morgan fingerprint density at radius 2 is 1.95 bits per heavy atom.